The van der Waals surface area contributed by atoms with Gasteiger partial charge in [-0.2, -0.15) is 0 Å². The van der Waals surface area contributed by atoms with E-state index in [2.05, 4.69) is 11.8 Å². The molecule has 3 unspecified atom stereocenters. The van der Waals surface area contributed by atoms with Gasteiger partial charge < -0.3 is 29.5 Å². The SMILES string of the molecule is CCN1C[C@]2(COC)CC[C@H](O)[C@@]34C5C[C@H]6[C@H](O)C5[C@](O)(C[C@H]6OC)[C@@H]([C@H](OC)C23)[C@@H]14. The normalized spacial score (nSPS) is 61.6. The van der Waals surface area contributed by atoms with Crippen LogP contribution in [-0.2, 0) is 14.2 Å². The lowest BCUT2D eigenvalue weighted by Crippen LogP contribution is -2.76. The molecule has 6 aliphatic rings. The van der Waals surface area contributed by atoms with E-state index in [0.29, 0.717) is 13.0 Å². The zero-order valence-electron chi connectivity index (χ0n) is 19.2. The van der Waals surface area contributed by atoms with Crippen molar-refractivity contribution in [2.24, 2.45) is 40.4 Å². The molecule has 0 aromatic rings. The standard InChI is InChI=1S/C24H39NO6/c1-5-25-10-22(11-29-2)7-6-15(26)24-13-8-12-14(30-3)9-23(28,16(13)18(12)27)17(21(24)25)19(31-4)20(22)24/h12-21,26-28H,5-11H2,1-4H3/t12-,13?,14-,15+,16?,17+,18+,19+,20?,21-,22+,23-,24+/m1/s1. The summed E-state index contributed by atoms with van der Waals surface area (Å²) in [5.74, 6) is -0.168. The van der Waals surface area contributed by atoms with E-state index in [0.717, 1.165) is 32.4 Å². The molecule has 0 radical (unpaired) electrons. The average Bonchev–Trinajstić information content (AvgIpc) is 3.16. The number of ether oxygens (including phenoxy) is 3. The fourth-order valence-corrected chi connectivity index (χ4v) is 10.7. The summed E-state index contributed by atoms with van der Waals surface area (Å²) in [5, 5.41) is 35.7. The first-order valence-electron chi connectivity index (χ1n) is 12.2. The fraction of sp³-hybridized carbons (Fsp3) is 1.00. The lowest BCUT2D eigenvalue weighted by molar-refractivity contribution is -0.272. The maximum atomic E-state index is 12.5. The van der Waals surface area contributed by atoms with Gasteiger partial charge in [-0.3, -0.25) is 4.90 Å². The Morgan fingerprint density at radius 2 is 1.87 bits per heavy atom. The number of nitrogens with zero attached hydrogens (tertiary/aromatic N) is 1. The Morgan fingerprint density at radius 1 is 1.10 bits per heavy atom. The van der Waals surface area contributed by atoms with Crippen molar-refractivity contribution in [2.75, 3.05) is 41.0 Å². The molecule has 7 nitrogen and oxygen atoms in total. The third-order valence-corrected chi connectivity index (χ3v) is 11.1. The molecule has 1 spiro atoms. The molecule has 1 saturated heterocycles. The lowest BCUT2D eigenvalue weighted by atomic mass is 9.43. The van der Waals surface area contributed by atoms with E-state index in [1.807, 2.05) is 0 Å². The van der Waals surface area contributed by atoms with Crippen LogP contribution in [0.15, 0.2) is 0 Å². The van der Waals surface area contributed by atoms with Gasteiger partial charge >= 0.3 is 0 Å². The largest absolute Gasteiger partial charge is 0.392 e. The van der Waals surface area contributed by atoms with Crippen molar-refractivity contribution in [2.45, 2.75) is 68.7 Å². The highest BCUT2D eigenvalue weighted by Gasteiger charge is 2.86. The topological polar surface area (TPSA) is 91.6 Å². The number of aliphatic hydroxyl groups is 3. The Labute approximate surface area is 185 Å². The van der Waals surface area contributed by atoms with Crippen LogP contribution in [0.1, 0.15) is 32.6 Å². The minimum Gasteiger partial charge on any atom is -0.392 e. The second-order valence-electron chi connectivity index (χ2n) is 11.6. The predicted molar refractivity (Wildman–Crippen MR) is 112 cm³/mol. The number of fused-ring (bicyclic) bond motifs is 2. The zero-order chi connectivity index (χ0) is 21.9. The van der Waals surface area contributed by atoms with Crippen LogP contribution in [0.3, 0.4) is 0 Å². The van der Waals surface area contributed by atoms with Crippen LogP contribution < -0.4 is 0 Å². The number of hydrogen-bond acceptors (Lipinski definition) is 7. The van der Waals surface area contributed by atoms with E-state index >= 15 is 0 Å². The van der Waals surface area contributed by atoms with E-state index in [-0.39, 0.29) is 58.7 Å². The van der Waals surface area contributed by atoms with Gasteiger partial charge in [0.1, 0.15) is 0 Å². The van der Waals surface area contributed by atoms with Crippen molar-refractivity contribution >= 4 is 0 Å². The molecule has 1 aliphatic heterocycles. The van der Waals surface area contributed by atoms with Crippen LogP contribution in [0.2, 0.25) is 0 Å². The summed E-state index contributed by atoms with van der Waals surface area (Å²) >= 11 is 0. The third-order valence-electron chi connectivity index (χ3n) is 11.1. The third kappa shape index (κ3) is 2.12. The van der Waals surface area contributed by atoms with E-state index in [9.17, 15) is 15.3 Å². The second-order valence-corrected chi connectivity index (χ2v) is 11.6. The molecule has 0 aromatic heterocycles. The molecule has 6 rings (SSSR count). The molecule has 1 heterocycles. The van der Waals surface area contributed by atoms with Crippen molar-refractivity contribution < 1.29 is 29.5 Å². The Balaban J connectivity index is 1.62. The average molecular weight is 438 g/mol. The summed E-state index contributed by atoms with van der Waals surface area (Å²) < 4.78 is 18.0. The summed E-state index contributed by atoms with van der Waals surface area (Å²) in [6.07, 6.45) is 1.65. The van der Waals surface area contributed by atoms with Gasteiger partial charge in [-0.1, -0.05) is 6.92 Å². The maximum Gasteiger partial charge on any atom is 0.0796 e. The van der Waals surface area contributed by atoms with Crippen LogP contribution >= 0.6 is 0 Å². The number of hydrogen-bond donors (Lipinski definition) is 3. The van der Waals surface area contributed by atoms with Gasteiger partial charge in [-0.25, -0.2) is 0 Å². The number of piperidine rings is 1. The molecular formula is C24H39NO6. The number of rotatable bonds is 5. The Hall–Kier alpha value is -0.280. The molecule has 7 heteroatoms. The maximum absolute atomic E-state index is 12.5. The van der Waals surface area contributed by atoms with Gasteiger partial charge in [-0.05, 0) is 31.7 Å². The second kappa shape index (κ2) is 6.65. The first-order chi connectivity index (χ1) is 14.9. The summed E-state index contributed by atoms with van der Waals surface area (Å²) in [4.78, 5) is 2.52. The van der Waals surface area contributed by atoms with Crippen LogP contribution in [0, 0.1) is 40.4 Å². The van der Waals surface area contributed by atoms with Gasteiger partial charge in [0.2, 0.25) is 0 Å². The van der Waals surface area contributed by atoms with Crippen molar-refractivity contribution in [1.82, 2.24) is 4.90 Å². The molecule has 0 amide bonds. The number of likely N-dealkylation sites (tertiary alicyclic amines) is 1. The molecule has 176 valence electrons. The molecule has 0 aromatic carbocycles. The van der Waals surface area contributed by atoms with Crippen LogP contribution in [-0.4, -0.2) is 97.3 Å². The quantitative estimate of drug-likeness (QED) is 0.577. The predicted octanol–water partition coefficient (Wildman–Crippen LogP) is 0.502. The molecule has 13 atom stereocenters. The number of aliphatic hydroxyl groups excluding tert-OH is 2. The summed E-state index contributed by atoms with van der Waals surface area (Å²) in [6.45, 7) is 4.63. The van der Waals surface area contributed by atoms with Crippen LogP contribution in [0.25, 0.3) is 0 Å². The first-order valence-corrected chi connectivity index (χ1v) is 12.2. The molecular weight excluding hydrogens is 398 g/mol. The summed E-state index contributed by atoms with van der Waals surface area (Å²) in [5.41, 5.74) is -1.54. The van der Waals surface area contributed by atoms with Crippen molar-refractivity contribution in [1.29, 1.82) is 0 Å². The van der Waals surface area contributed by atoms with Gasteiger partial charge in [0, 0.05) is 74.8 Å². The number of methoxy groups -OCH3 is 3. The zero-order valence-corrected chi connectivity index (χ0v) is 19.2. The van der Waals surface area contributed by atoms with Crippen molar-refractivity contribution in [3.63, 3.8) is 0 Å². The van der Waals surface area contributed by atoms with E-state index in [1.54, 1.807) is 21.3 Å². The van der Waals surface area contributed by atoms with Gasteiger partial charge in [0.15, 0.2) is 0 Å². The highest BCUT2D eigenvalue weighted by molar-refractivity contribution is 5.35. The molecule has 31 heavy (non-hydrogen) atoms. The summed E-state index contributed by atoms with van der Waals surface area (Å²) in [6, 6.07) is 0.0561. The van der Waals surface area contributed by atoms with Crippen molar-refractivity contribution in [3.05, 3.63) is 0 Å². The molecule has 5 aliphatic carbocycles. The Kier molecular flexibility index (Phi) is 4.56. The molecule has 7 bridgehead atoms. The first kappa shape index (κ1) is 21.3. The molecule has 3 N–H and O–H groups in total. The van der Waals surface area contributed by atoms with Gasteiger partial charge in [0.05, 0.1) is 36.6 Å². The van der Waals surface area contributed by atoms with Crippen LogP contribution in [0.4, 0.5) is 0 Å². The fourth-order valence-electron chi connectivity index (χ4n) is 10.7. The Bertz CT molecular complexity index is 752. The highest BCUT2D eigenvalue weighted by Crippen LogP contribution is 2.79. The van der Waals surface area contributed by atoms with Crippen LogP contribution in [0.5, 0.6) is 0 Å². The lowest BCUT2D eigenvalue weighted by Gasteiger charge is -2.68. The smallest absolute Gasteiger partial charge is 0.0796 e. The van der Waals surface area contributed by atoms with E-state index in [1.165, 1.54) is 0 Å². The molecule has 6 fully saturated rings. The van der Waals surface area contributed by atoms with E-state index in [4.69, 9.17) is 14.2 Å². The monoisotopic (exact) mass is 437 g/mol. The minimum absolute atomic E-state index is 0.0248. The molecule has 5 saturated carbocycles. The van der Waals surface area contributed by atoms with Crippen molar-refractivity contribution in [3.8, 4) is 0 Å². The highest BCUT2D eigenvalue weighted by atomic mass is 16.5. The van der Waals surface area contributed by atoms with Gasteiger partial charge in [-0.15, -0.1) is 0 Å². The summed E-state index contributed by atoms with van der Waals surface area (Å²) in [7, 11) is 5.24. The minimum atomic E-state index is -1.05. The van der Waals surface area contributed by atoms with E-state index < -0.39 is 17.8 Å². The van der Waals surface area contributed by atoms with Gasteiger partial charge in [0.25, 0.3) is 0 Å². The Morgan fingerprint density at radius 3 is 2.52 bits per heavy atom.